The third kappa shape index (κ3) is 3.50. The fourth-order valence-corrected chi connectivity index (χ4v) is 4.34. The maximum Gasteiger partial charge on any atom is 0.231 e. The van der Waals surface area contributed by atoms with Gasteiger partial charge in [0.05, 0.1) is 22.2 Å². The van der Waals surface area contributed by atoms with Crippen LogP contribution in [0.25, 0.3) is 0 Å². The van der Waals surface area contributed by atoms with Crippen molar-refractivity contribution in [3.8, 4) is 0 Å². The molecule has 1 heterocycles. The Balaban J connectivity index is 1.76. The second-order valence-corrected chi connectivity index (χ2v) is 9.52. The predicted molar refractivity (Wildman–Crippen MR) is 104 cm³/mol. The van der Waals surface area contributed by atoms with Gasteiger partial charge in [0.15, 0.2) is 0 Å². The second-order valence-electron chi connectivity index (χ2n) is 8.29. The molecule has 1 N–H and O–H groups in total. The standard InChI is InChI=1S/C21H28N2OS/c1-13-18(25-15(3)22-13)14(2)23-19(24)21(11-12-21)17-9-7-16(8-10-17)20(4,5)6/h7-10,14H,11-12H2,1-6H3,(H,23,24)/t14-/m1/s1. The minimum absolute atomic E-state index is 0.00465. The predicted octanol–water partition coefficient (Wildman–Crippen LogP) is 4.97. The lowest BCUT2D eigenvalue weighted by Crippen LogP contribution is -2.36. The van der Waals surface area contributed by atoms with Crippen LogP contribution in [0.4, 0.5) is 0 Å². The number of carbonyl (C=O) groups excluding carboxylic acids is 1. The summed E-state index contributed by atoms with van der Waals surface area (Å²) in [5, 5.41) is 4.28. The van der Waals surface area contributed by atoms with Gasteiger partial charge in [-0.1, -0.05) is 45.0 Å². The van der Waals surface area contributed by atoms with Gasteiger partial charge in [0, 0.05) is 4.88 Å². The van der Waals surface area contributed by atoms with E-state index in [4.69, 9.17) is 0 Å². The number of benzene rings is 1. The van der Waals surface area contributed by atoms with E-state index < -0.39 is 0 Å². The maximum atomic E-state index is 13.0. The van der Waals surface area contributed by atoms with Crippen molar-refractivity contribution in [1.29, 1.82) is 0 Å². The van der Waals surface area contributed by atoms with Gasteiger partial charge in [-0.25, -0.2) is 4.98 Å². The number of carbonyl (C=O) groups is 1. The SMILES string of the molecule is Cc1nc(C)c([C@@H](C)NC(=O)C2(c3ccc(C(C)(C)C)cc3)CC2)s1. The Morgan fingerprint density at radius 2 is 1.80 bits per heavy atom. The van der Waals surface area contributed by atoms with Crippen molar-refractivity contribution in [2.75, 3.05) is 0 Å². The van der Waals surface area contributed by atoms with E-state index in [1.165, 1.54) is 5.56 Å². The van der Waals surface area contributed by atoms with Crippen LogP contribution < -0.4 is 5.32 Å². The second kappa shape index (κ2) is 6.24. The van der Waals surface area contributed by atoms with Crippen LogP contribution in [0.5, 0.6) is 0 Å². The molecule has 3 rings (SSSR count). The lowest BCUT2D eigenvalue weighted by atomic mass is 9.85. The van der Waals surface area contributed by atoms with Crippen LogP contribution in [-0.2, 0) is 15.6 Å². The molecule has 25 heavy (non-hydrogen) atoms. The molecule has 0 aliphatic heterocycles. The number of thiazole rings is 1. The van der Waals surface area contributed by atoms with Crippen molar-refractivity contribution < 1.29 is 4.79 Å². The van der Waals surface area contributed by atoms with Crippen LogP contribution in [-0.4, -0.2) is 10.9 Å². The van der Waals surface area contributed by atoms with Gasteiger partial charge in [-0.05, 0) is 50.2 Å². The highest BCUT2D eigenvalue weighted by molar-refractivity contribution is 7.11. The van der Waals surface area contributed by atoms with E-state index in [-0.39, 0.29) is 22.8 Å². The number of hydrogen-bond donors (Lipinski definition) is 1. The molecule has 1 amide bonds. The minimum atomic E-state index is -0.335. The molecule has 3 nitrogen and oxygen atoms in total. The lowest BCUT2D eigenvalue weighted by molar-refractivity contribution is -0.124. The zero-order valence-corrected chi connectivity index (χ0v) is 16.9. The molecule has 1 aromatic heterocycles. The van der Waals surface area contributed by atoms with Crippen molar-refractivity contribution in [3.05, 3.63) is 51.0 Å². The fourth-order valence-electron chi connectivity index (χ4n) is 3.41. The fraction of sp³-hybridized carbons (Fsp3) is 0.524. The number of aromatic nitrogens is 1. The van der Waals surface area contributed by atoms with Crippen LogP contribution >= 0.6 is 11.3 Å². The third-order valence-electron chi connectivity index (χ3n) is 5.17. The van der Waals surface area contributed by atoms with Crippen molar-refractivity contribution >= 4 is 17.2 Å². The molecule has 0 saturated heterocycles. The molecule has 0 spiro atoms. The minimum Gasteiger partial charge on any atom is -0.348 e. The Bertz CT molecular complexity index is 779. The largest absolute Gasteiger partial charge is 0.348 e. The van der Waals surface area contributed by atoms with E-state index in [9.17, 15) is 4.79 Å². The molecular weight excluding hydrogens is 328 g/mol. The number of nitrogens with one attached hydrogen (secondary N) is 1. The Labute approximate surface area is 154 Å². The lowest BCUT2D eigenvalue weighted by Gasteiger charge is -2.22. The van der Waals surface area contributed by atoms with E-state index in [1.54, 1.807) is 11.3 Å². The molecule has 0 bridgehead atoms. The van der Waals surface area contributed by atoms with Crippen LogP contribution in [0, 0.1) is 13.8 Å². The molecule has 4 heteroatoms. The Morgan fingerprint density at radius 3 is 2.24 bits per heavy atom. The van der Waals surface area contributed by atoms with Gasteiger partial charge >= 0.3 is 0 Å². The number of nitrogens with zero attached hydrogens (tertiary/aromatic N) is 1. The number of hydrogen-bond acceptors (Lipinski definition) is 3. The normalized spacial score (nSPS) is 17.2. The summed E-state index contributed by atoms with van der Waals surface area (Å²) in [6.45, 7) is 12.7. The highest BCUT2D eigenvalue weighted by Gasteiger charge is 2.51. The summed E-state index contributed by atoms with van der Waals surface area (Å²) in [5.41, 5.74) is 3.26. The van der Waals surface area contributed by atoms with Crippen LogP contribution in [0.3, 0.4) is 0 Å². The average molecular weight is 357 g/mol. The quantitative estimate of drug-likeness (QED) is 0.840. The van der Waals surface area contributed by atoms with E-state index in [0.29, 0.717) is 0 Å². The van der Waals surface area contributed by atoms with Crippen LogP contribution in [0.1, 0.15) is 73.3 Å². The first-order valence-corrected chi connectivity index (χ1v) is 9.81. The number of amides is 1. The van der Waals surface area contributed by atoms with E-state index in [1.807, 2.05) is 13.8 Å². The van der Waals surface area contributed by atoms with Gasteiger partial charge in [0.1, 0.15) is 0 Å². The molecule has 1 atom stereocenters. The van der Waals surface area contributed by atoms with Gasteiger partial charge in [-0.15, -0.1) is 11.3 Å². The number of rotatable bonds is 4. The van der Waals surface area contributed by atoms with Crippen molar-refractivity contribution in [1.82, 2.24) is 10.3 Å². The van der Waals surface area contributed by atoms with Crippen molar-refractivity contribution in [2.45, 2.75) is 71.3 Å². The molecule has 2 aromatic rings. The first-order valence-electron chi connectivity index (χ1n) is 8.99. The van der Waals surface area contributed by atoms with Gasteiger partial charge < -0.3 is 5.32 Å². The number of aryl methyl sites for hydroxylation is 2. The summed E-state index contributed by atoms with van der Waals surface area (Å²) >= 11 is 1.67. The first-order chi connectivity index (χ1) is 11.6. The maximum absolute atomic E-state index is 13.0. The van der Waals surface area contributed by atoms with Gasteiger partial charge in [0.2, 0.25) is 5.91 Å². The summed E-state index contributed by atoms with van der Waals surface area (Å²) in [7, 11) is 0. The molecule has 1 aromatic carbocycles. The van der Waals surface area contributed by atoms with E-state index >= 15 is 0 Å². The molecule has 0 unspecified atom stereocenters. The van der Waals surface area contributed by atoms with Gasteiger partial charge in [0.25, 0.3) is 0 Å². The van der Waals surface area contributed by atoms with Crippen LogP contribution in [0.2, 0.25) is 0 Å². The highest BCUT2D eigenvalue weighted by atomic mass is 32.1. The molecule has 1 saturated carbocycles. The Hall–Kier alpha value is -1.68. The zero-order valence-electron chi connectivity index (χ0n) is 16.1. The summed E-state index contributed by atoms with van der Waals surface area (Å²) in [4.78, 5) is 18.6. The summed E-state index contributed by atoms with van der Waals surface area (Å²) < 4.78 is 0. The van der Waals surface area contributed by atoms with Crippen molar-refractivity contribution in [2.24, 2.45) is 0 Å². The molecule has 0 radical (unpaired) electrons. The first kappa shape index (κ1) is 18.1. The zero-order chi connectivity index (χ0) is 18.4. The molecular formula is C21H28N2OS. The molecule has 1 aliphatic rings. The average Bonchev–Trinajstić information content (AvgIpc) is 3.27. The smallest absolute Gasteiger partial charge is 0.231 e. The van der Waals surface area contributed by atoms with Gasteiger partial charge in [-0.2, -0.15) is 0 Å². The summed E-state index contributed by atoms with van der Waals surface area (Å²) in [6, 6.07) is 8.62. The van der Waals surface area contributed by atoms with E-state index in [0.717, 1.165) is 34.0 Å². The Kier molecular flexibility index (Phi) is 4.52. The highest BCUT2D eigenvalue weighted by Crippen LogP contribution is 2.49. The summed E-state index contributed by atoms with van der Waals surface area (Å²) in [6.07, 6.45) is 1.86. The van der Waals surface area contributed by atoms with E-state index in [2.05, 4.69) is 62.3 Å². The van der Waals surface area contributed by atoms with Crippen molar-refractivity contribution in [3.63, 3.8) is 0 Å². The monoisotopic (exact) mass is 356 g/mol. The molecule has 1 aliphatic carbocycles. The van der Waals surface area contributed by atoms with Gasteiger partial charge in [-0.3, -0.25) is 4.79 Å². The topological polar surface area (TPSA) is 42.0 Å². The molecule has 134 valence electrons. The summed E-state index contributed by atoms with van der Waals surface area (Å²) in [5.74, 6) is 0.147. The van der Waals surface area contributed by atoms with Crippen LogP contribution in [0.15, 0.2) is 24.3 Å². The molecule has 1 fully saturated rings. The Morgan fingerprint density at radius 1 is 1.20 bits per heavy atom. The third-order valence-corrected chi connectivity index (χ3v) is 6.42.